The molecule has 10 rings (SSSR count). The van der Waals surface area contributed by atoms with Gasteiger partial charge in [0.25, 0.3) is 0 Å². The van der Waals surface area contributed by atoms with Gasteiger partial charge in [0.15, 0.2) is 23.3 Å². The van der Waals surface area contributed by atoms with Gasteiger partial charge in [-0.05, 0) is 42.2 Å². The van der Waals surface area contributed by atoms with Crippen LogP contribution in [0.15, 0.2) is 144 Å². The fourth-order valence-corrected chi connectivity index (χ4v) is 9.72. The fourth-order valence-electron chi connectivity index (χ4n) is 7.11. The molecular weight excluding hydrogens is 651 g/mol. The lowest BCUT2D eigenvalue weighted by Crippen LogP contribution is -2.15. The summed E-state index contributed by atoms with van der Waals surface area (Å²) in [5.41, 5.74) is 8.64. The maximum atomic E-state index is 5.35. The van der Waals surface area contributed by atoms with E-state index in [1.807, 2.05) is 72.4 Å². The zero-order valence-corrected chi connectivity index (χ0v) is 28.5. The van der Waals surface area contributed by atoms with Gasteiger partial charge in [0.1, 0.15) is 0 Å². The summed E-state index contributed by atoms with van der Waals surface area (Å²) in [5.74, 6) is 3.00. The van der Waals surface area contributed by atoms with E-state index in [1.165, 1.54) is 26.1 Å². The highest BCUT2D eigenvalue weighted by Crippen LogP contribution is 2.54. The van der Waals surface area contributed by atoms with Crippen molar-refractivity contribution in [2.75, 3.05) is 0 Å². The van der Waals surface area contributed by atoms with Gasteiger partial charge in [-0.3, -0.25) is 0 Å². The SMILES string of the molecule is C1=CC2c3cc(-c4nc(-c5ccccc5)nc(-c5ccccc5)n4)ccc3SC2C(c2nc(C3=CCCC=C3)nc3c2sc2ccccc23)=C1. The Morgan fingerprint density at radius 1 is 0.640 bits per heavy atom. The minimum atomic E-state index is 0.190. The maximum Gasteiger partial charge on any atom is 0.164 e. The number of thiophene rings is 1. The number of allylic oxidation sites excluding steroid dienone is 7. The lowest BCUT2D eigenvalue weighted by molar-refractivity contribution is 0.888. The molecule has 0 bridgehead atoms. The second kappa shape index (κ2) is 12.1. The lowest BCUT2D eigenvalue weighted by atomic mass is 9.86. The smallest absolute Gasteiger partial charge is 0.164 e. The molecule has 2 atom stereocenters. The molecule has 4 aromatic carbocycles. The van der Waals surface area contributed by atoms with E-state index in [0.29, 0.717) is 17.5 Å². The Morgan fingerprint density at radius 3 is 2.10 bits per heavy atom. The fraction of sp³-hybridized carbons (Fsp3) is 0.0930. The Hall–Kier alpha value is -5.50. The number of hydrogen-bond acceptors (Lipinski definition) is 7. The molecule has 0 fully saturated rings. The van der Waals surface area contributed by atoms with Crippen molar-refractivity contribution in [2.45, 2.75) is 28.9 Å². The van der Waals surface area contributed by atoms with E-state index in [1.54, 1.807) is 11.3 Å². The number of rotatable bonds is 5. The van der Waals surface area contributed by atoms with E-state index < -0.39 is 0 Å². The zero-order chi connectivity index (χ0) is 33.0. The molecule has 3 aliphatic rings. The van der Waals surface area contributed by atoms with E-state index in [0.717, 1.165) is 56.8 Å². The normalized spacial score (nSPS) is 17.8. The largest absolute Gasteiger partial charge is 0.227 e. The molecule has 0 saturated heterocycles. The van der Waals surface area contributed by atoms with Gasteiger partial charge in [-0.15, -0.1) is 23.1 Å². The van der Waals surface area contributed by atoms with Gasteiger partial charge >= 0.3 is 0 Å². The van der Waals surface area contributed by atoms with Crippen molar-refractivity contribution < 1.29 is 0 Å². The summed E-state index contributed by atoms with van der Waals surface area (Å²) in [5, 5.41) is 1.38. The van der Waals surface area contributed by atoms with E-state index in [-0.39, 0.29) is 11.2 Å². The molecule has 1 aliphatic heterocycles. The van der Waals surface area contributed by atoms with Crippen molar-refractivity contribution in [3.8, 4) is 34.2 Å². The summed E-state index contributed by atoms with van der Waals surface area (Å²) in [6, 6.07) is 35.6. The standard InChI is InChI=1S/C43H29N5S2/c1-4-13-26(14-5-1)40-44-36-31-19-10-11-22-34(31)50-39(36)37(45-40)32-21-12-20-30-33-25-29(23-24-35(33)49-38(30)32)43-47-41(27-15-6-2-7-16-27)46-42(48-43)28-17-8-3-9-18-28/h2-4,6-25,30,38H,1,5H2. The van der Waals surface area contributed by atoms with Crippen molar-refractivity contribution in [1.29, 1.82) is 0 Å². The predicted octanol–water partition coefficient (Wildman–Crippen LogP) is 11.0. The van der Waals surface area contributed by atoms with Crippen LogP contribution in [-0.2, 0) is 0 Å². The van der Waals surface area contributed by atoms with Crippen molar-refractivity contribution in [3.63, 3.8) is 0 Å². The number of benzene rings is 4. The molecule has 7 aromatic rings. The van der Waals surface area contributed by atoms with Crippen molar-refractivity contribution in [3.05, 3.63) is 157 Å². The molecule has 0 N–H and O–H groups in total. The van der Waals surface area contributed by atoms with Gasteiger partial charge in [0.05, 0.1) is 15.9 Å². The third-order valence-electron chi connectivity index (χ3n) is 9.55. The minimum absolute atomic E-state index is 0.190. The van der Waals surface area contributed by atoms with Crippen LogP contribution < -0.4 is 0 Å². The lowest BCUT2D eigenvalue weighted by Gasteiger charge is -2.23. The van der Waals surface area contributed by atoms with Crippen LogP contribution in [0.3, 0.4) is 0 Å². The summed E-state index contributed by atoms with van der Waals surface area (Å²) in [6.45, 7) is 0. The topological polar surface area (TPSA) is 64.5 Å². The third-order valence-corrected chi connectivity index (χ3v) is 12.1. The molecular formula is C43H29N5S2. The van der Waals surface area contributed by atoms with Crippen LogP contribution in [0, 0.1) is 0 Å². The number of hydrogen-bond donors (Lipinski definition) is 0. The quantitative estimate of drug-likeness (QED) is 0.180. The monoisotopic (exact) mass is 679 g/mol. The zero-order valence-electron chi connectivity index (χ0n) is 26.9. The van der Waals surface area contributed by atoms with Crippen molar-refractivity contribution in [1.82, 2.24) is 24.9 Å². The third kappa shape index (κ3) is 5.04. The second-order valence-corrected chi connectivity index (χ2v) is 14.9. The molecule has 2 unspecified atom stereocenters. The highest BCUT2D eigenvalue weighted by molar-refractivity contribution is 8.00. The molecule has 50 heavy (non-hydrogen) atoms. The van der Waals surface area contributed by atoms with Crippen molar-refractivity contribution in [2.24, 2.45) is 0 Å². The Bertz CT molecular complexity index is 2530. The van der Waals surface area contributed by atoms with Gasteiger partial charge < -0.3 is 0 Å². The number of fused-ring (bicyclic) bond motifs is 6. The van der Waals surface area contributed by atoms with Gasteiger partial charge in [-0.25, -0.2) is 24.9 Å². The van der Waals surface area contributed by atoms with E-state index in [9.17, 15) is 0 Å². The highest BCUT2D eigenvalue weighted by atomic mass is 32.2. The second-order valence-electron chi connectivity index (χ2n) is 12.7. The summed E-state index contributed by atoms with van der Waals surface area (Å²) >= 11 is 3.72. The van der Waals surface area contributed by atoms with Crippen LogP contribution in [0.25, 0.3) is 65.6 Å². The molecule has 4 heterocycles. The van der Waals surface area contributed by atoms with Crippen LogP contribution in [0.2, 0.25) is 0 Å². The van der Waals surface area contributed by atoms with Gasteiger partial charge in [0, 0.05) is 48.4 Å². The first-order valence-corrected chi connectivity index (χ1v) is 18.6. The van der Waals surface area contributed by atoms with E-state index in [4.69, 9.17) is 24.9 Å². The Morgan fingerprint density at radius 2 is 1.36 bits per heavy atom. The maximum absolute atomic E-state index is 5.35. The van der Waals surface area contributed by atoms with Crippen LogP contribution in [-0.4, -0.2) is 30.2 Å². The molecule has 0 spiro atoms. The number of nitrogens with zero attached hydrogens (tertiary/aromatic N) is 5. The summed E-state index contributed by atoms with van der Waals surface area (Å²) in [4.78, 5) is 26.7. The average Bonchev–Trinajstić information content (AvgIpc) is 3.77. The molecule has 2 aliphatic carbocycles. The van der Waals surface area contributed by atoms with Crippen LogP contribution >= 0.6 is 23.1 Å². The molecule has 3 aromatic heterocycles. The molecule has 0 radical (unpaired) electrons. The summed E-state index contributed by atoms with van der Waals surface area (Å²) in [6.07, 6.45) is 15.6. The number of thioether (sulfide) groups is 1. The molecule has 7 heteroatoms. The Kier molecular flexibility index (Phi) is 7.13. The first kappa shape index (κ1) is 29.4. The first-order valence-electron chi connectivity index (χ1n) is 16.9. The Labute approximate surface area is 297 Å². The van der Waals surface area contributed by atoms with Crippen molar-refractivity contribution >= 4 is 54.5 Å². The molecule has 0 saturated carbocycles. The molecule has 238 valence electrons. The van der Waals surface area contributed by atoms with Gasteiger partial charge in [0.2, 0.25) is 0 Å². The summed E-state index contributed by atoms with van der Waals surface area (Å²) < 4.78 is 2.39. The average molecular weight is 680 g/mol. The first-order chi connectivity index (χ1) is 24.8. The summed E-state index contributed by atoms with van der Waals surface area (Å²) in [7, 11) is 0. The molecule has 5 nitrogen and oxygen atoms in total. The van der Waals surface area contributed by atoms with Gasteiger partial charge in [-0.1, -0.05) is 121 Å². The van der Waals surface area contributed by atoms with Crippen LogP contribution in [0.4, 0.5) is 0 Å². The number of aromatic nitrogens is 5. The predicted molar refractivity (Wildman–Crippen MR) is 207 cm³/mol. The van der Waals surface area contributed by atoms with E-state index >= 15 is 0 Å². The Balaban J connectivity index is 1.07. The molecule has 0 amide bonds. The van der Waals surface area contributed by atoms with Crippen LogP contribution in [0.1, 0.15) is 35.8 Å². The van der Waals surface area contributed by atoms with E-state index in [2.05, 4.69) is 78.9 Å². The van der Waals surface area contributed by atoms with Crippen LogP contribution in [0.5, 0.6) is 0 Å². The minimum Gasteiger partial charge on any atom is -0.227 e. The van der Waals surface area contributed by atoms with Gasteiger partial charge in [-0.2, -0.15) is 0 Å². The highest BCUT2D eigenvalue weighted by Gasteiger charge is 2.38.